The lowest BCUT2D eigenvalue weighted by Crippen LogP contribution is -2.39. The molecule has 0 atom stereocenters. The van der Waals surface area contributed by atoms with Gasteiger partial charge in [0.25, 0.3) is 5.56 Å². The number of hydrogen-bond donors (Lipinski definition) is 1. The third-order valence-corrected chi connectivity index (χ3v) is 3.20. The smallest absolute Gasteiger partial charge is 0.339 e. The fourth-order valence-corrected chi connectivity index (χ4v) is 2.09. The van der Waals surface area contributed by atoms with Crippen molar-refractivity contribution in [1.82, 2.24) is 18.9 Å². The van der Waals surface area contributed by atoms with Gasteiger partial charge in [-0.1, -0.05) is 6.92 Å². The minimum absolute atomic E-state index is 0.0188. The molecule has 21 heavy (non-hydrogen) atoms. The summed E-state index contributed by atoms with van der Waals surface area (Å²) in [4.78, 5) is 35.3. The maximum Gasteiger partial charge on any atom is 0.339 e. The molecular weight excluding hydrogens is 276 g/mol. The highest BCUT2D eigenvalue weighted by atomic mass is 16.4. The molecule has 0 radical (unpaired) electrons. The Morgan fingerprint density at radius 3 is 2.71 bits per heavy atom. The molecule has 2 rings (SSSR count). The third-order valence-electron chi connectivity index (χ3n) is 3.20. The molecular formula is C13H16N4O4. The molecule has 0 saturated heterocycles. The summed E-state index contributed by atoms with van der Waals surface area (Å²) in [6.07, 6.45) is 3.41. The van der Waals surface area contributed by atoms with Gasteiger partial charge in [-0.05, 0) is 6.42 Å². The van der Waals surface area contributed by atoms with E-state index in [9.17, 15) is 14.4 Å². The van der Waals surface area contributed by atoms with Crippen molar-refractivity contribution in [2.45, 2.75) is 26.4 Å². The third kappa shape index (κ3) is 2.78. The van der Waals surface area contributed by atoms with Crippen LogP contribution in [-0.4, -0.2) is 30.0 Å². The zero-order valence-corrected chi connectivity index (χ0v) is 11.8. The predicted octanol–water partition coefficient (Wildman–Crippen LogP) is -0.100. The van der Waals surface area contributed by atoms with Gasteiger partial charge < -0.3 is 9.67 Å². The summed E-state index contributed by atoms with van der Waals surface area (Å²) in [7, 11) is 1.57. The zero-order chi connectivity index (χ0) is 15.6. The SMILES string of the molecule is CCCn1ccc(=O)n(Cc2c(C(=O)O)cnn2C)c1=O. The Morgan fingerprint density at radius 1 is 1.38 bits per heavy atom. The number of nitrogens with zero attached hydrogens (tertiary/aromatic N) is 4. The molecule has 0 saturated carbocycles. The molecule has 112 valence electrons. The number of hydrogen-bond acceptors (Lipinski definition) is 4. The van der Waals surface area contributed by atoms with Crippen molar-refractivity contribution in [2.24, 2.45) is 7.05 Å². The second kappa shape index (κ2) is 5.78. The molecule has 2 heterocycles. The molecule has 0 aliphatic heterocycles. The molecule has 8 nitrogen and oxygen atoms in total. The fourth-order valence-electron chi connectivity index (χ4n) is 2.09. The highest BCUT2D eigenvalue weighted by Gasteiger charge is 2.17. The molecule has 1 N–H and O–H groups in total. The van der Waals surface area contributed by atoms with Crippen LogP contribution in [0, 0.1) is 0 Å². The fraction of sp³-hybridized carbons (Fsp3) is 0.385. The molecule has 0 aromatic carbocycles. The Kier molecular flexibility index (Phi) is 4.06. The van der Waals surface area contributed by atoms with E-state index in [1.165, 1.54) is 27.7 Å². The van der Waals surface area contributed by atoms with Gasteiger partial charge in [-0.3, -0.25) is 14.0 Å². The average molecular weight is 292 g/mol. The zero-order valence-electron chi connectivity index (χ0n) is 11.8. The standard InChI is InChI=1S/C13H16N4O4/c1-3-5-16-6-4-11(18)17(13(16)21)8-10-9(12(19)20)7-14-15(10)2/h4,6-7H,3,5,8H2,1-2H3,(H,19,20). The molecule has 2 aromatic rings. The van der Waals surface area contributed by atoms with E-state index in [0.717, 1.165) is 11.0 Å². The lowest BCUT2D eigenvalue weighted by atomic mass is 10.2. The molecule has 0 fully saturated rings. The van der Waals surface area contributed by atoms with Crippen molar-refractivity contribution >= 4 is 5.97 Å². The van der Waals surface area contributed by atoms with Crippen molar-refractivity contribution in [3.8, 4) is 0 Å². The summed E-state index contributed by atoms with van der Waals surface area (Å²) in [6, 6.07) is 1.30. The number of carboxylic acid groups (broad SMARTS) is 1. The summed E-state index contributed by atoms with van der Waals surface area (Å²) in [5.41, 5.74) is -0.641. The Balaban J connectivity index is 2.52. The summed E-state index contributed by atoms with van der Waals surface area (Å²) in [5, 5.41) is 13.0. The van der Waals surface area contributed by atoms with Gasteiger partial charge in [-0.25, -0.2) is 9.59 Å². The Morgan fingerprint density at radius 2 is 2.10 bits per heavy atom. The van der Waals surface area contributed by atoms with Crippen LogP contribution in [0.15, 0.2) is 28.0 Å². The van der Waals surface area contributed by atoms with Crippen molar-refractivity contribution in [2.75, 3.05) is 0 Å². The summed E-state index contributed by atoms with van der Waals surface area (Å²) >= 11 is 0. The second-order valence-electron chi connectivity index (χ2n) is 4.65. The quantitative estimate of drug-likeness (QED) is 0.829. The Hall–Kier alpha value is -2.64. The average Bonchev–Trinajstić information content (AvgIpc) is 2.79. The maximum absolute atomic E-state index is 12.2. The van der Waals surface area contributed by atoms with Crippen molar-refractivity contribution < 1.29 is 9.90 Å². The van der Waals surface area contributed by atoms with Crippen LogP contribution in [0.4, 0.5) is 0 Å². The first-order chi connectivity index (χ1) is 9.95. The van der Waals surface area contributed by atoms with E-state index in [0.29, 0.717) is 12.2 Å². The first-order valence-corrected chi connectivity index (χ1v) is 6.50. The van der Waals surface area contributed by atoms with Gasteiger partial charge in [-0.15, -0.1) is 0 Å². The van der Waals surface area contributed by atoms with Gasteiger partial charge in [0.1, 0.15) is 5.56 Å². The van der Waals surface area contributed by atoms with Gasteiger partial charge in [-0.2, -0.15) is 5.10 Å². The Bertz CT molecular complexity index is 784. The normalized spacial score (nSPS) is 10.8. The summed E-state index contributed by atoms with van der Waals surface area (Å²) in [6.45, 7) is 2.29. The number of carboxylic acids is 1. The minimum atomic E-state index is -1.14. The monoisotopic (exact) mass is 292 g/mol. The van der Waals surface area contributed by atoms with Crippen molar-refractivity contribution in [1.29, 1.82) is 0 Å². The van der Waals surface area contributed by atoms with Crippen LogP contribution in [0.1, 0.15) is 29.4 Å². The number of carbonyl (C=O) groups is 1. The van der Waals surface area contributed by atoms with Gasteiger partial charge in [0, 0.05) is 25.9 Å². The topological polar surface area (TPSA) is 99.1 Å². The van der Waals surface area contributed by atoms with Gasteiger partial charge in [0.15, 0.2) is 0 Å². The van der Waals surface area contributed by atoms with Gasteiger partial charge in [0.2, 0.25) is 0 Å². The molecule has 8 heteroatoms. The molecule has 0 unspecified atom stereocenters. The van der Waals surface area contributed by atoms with E-state index < -0.39 is 17.2 Å². The van der Waals surface area contributed by atoms with E-state index >= 15 is 0 Å². The van der Waals surface area contributed by atoms with Crippen molar-refractivity contribution in [3.05, 3.63) is 50.6 Å². The highest BCUT2D eigenvalue weighted by Crippen LogP contribution is 2.08. The predicted molar refractivity (Wildman–Crippen MR) is 74.5 cm³/mol. The first-order valence-electron chi connectivity index (χ1n) is 6.50. The molecule has 2 aromatic heterocycles. The van der Waals surface area contributed by atoms with Gasteiger partial charge >= 0.3 is 11.7 Å². The number of aryl methyl sites for hydroxylation is 2. The number of aromatic carboxylic acids is 1. The largest absolute Gasteiger partial charge is 0.478 e. The molecule has 0 aliphatic rings. The lowest BCUT2D eigenvalue weighted by molar-refractivity contribution is 0.0695. The second-order valence-corrected chi connectivity index (χ2v) is 4.65. The van der Waals surface area contributed by atoms with Crippen LogP contribution in [0.25, 0.3) is 0 Å². The van der Waals surface area contributed by atoms with E-state index in [1.807, 2.05) is 6.92 Å². The van der Waals surface area contributed by atoms with Crippen LogP contribution in [0.3, 0.4) is 0 Å². The number of rotatable bonds is 5. The van der Waals surface area contributed by atoms with Crippen molar-refractivity contribution in [3.63, 3.8) is 0 Å². The molecule has 0 spiro atoms. The summed E-state index contributed by atoms with van der Waals surface area (Å²) in [5.74, 6) is -1.14. The van der Waals surface area contributed by atoms with Gasteiger partial charge in [0.05, 0.1) is 18.4 Å². The van der Waals surface area contributed by atoms with E-state index in [1.54, 1.807) is 7.05 Å². The lowest BCUT2D eigenvalue weighted by Gasteiger charge is -2.10. The van der Waals surface area contributed by atoms with E-state index in [-0.39, 0.29) is 12.1 Å². The Labute approximate surface area is 119 Å². The van der Waals surface area contributed by atoms with Crippen LogP contribution >= 0.6 is 0 Å². The van der Waals surface area contributed by atoms with Crippen LogP contribution in [0.2, 0.25) is 0 Å². The maximum atomic E-state index is 12.2. The number of aromatic nitrogens is 4. The molecule has 0 bridgehead atoms. The highest BCUT2D eigenvalue weighted by molar-refractivity contribution is 5.88. The van der Waals surface area contributed by atoms with Crippen LogP contribution in [0.5, 0.6) is 0 Å². The van der Waals surface area contributed by atoms with E-state index in [4.69, 9.17) is 5.11 Å². The van der Waals surface area contributed by atoms with E-state index in [2.05, 4.69) is 5.10 Å². The minimum Gasteiger partial charge on any atom is -0.478 e. The molecule has 0 amide bonds. The van der Waals surface area contributed by atoms with Crippen LogP contribution in [-0.2, 0) is 20.1 Å². The van der Waals surface area contributed by atoms with Crippen LogP contribution < -0.4 is 11.2 Å². The summed E-state index contributed by atoms with van der Waals surface area (Å²) < 4.78 is 3.80. The first kappa shape index (κ1) is 14.8. The molecule has 0 aliphatic carbocycles.